The zero-order valence-corrected chi connectivity index (χ0v) is 12.6. The largest absolute Gasteiger partial charge is 0.472 e. The number of nitrogens with zero attached hydrogens (tertiary/aromatic N) is 2. The lowest BCUT2D eigenvalue weighted by atomic mass is 9.97. The first-order chi connectivity index (χ1) is 10.8. The molecule has 1 N–H and O–H groups in total. The quantitative estimate of drug-likeness (QED) is 0.920. The Labute approximate surface area is 130 Å². The highest BCUT2D eigenvalue weighted by Gasteiger charge is 2.21. The van der Waals surface area contributed by atoms with Crippen LogP contribution in [0, 0.1) is 5.92 Å². The molecule has 1 aliphatic rings. The van der Waals surface area contributed by atoms with Gasteiger partial charge in [0, 0.05) is 31.4 Å². The van der Waals surface area contributed by atoms with E-state index in [0.29, 0.717) is 18.2 Å². The van der Waals surface area contributed by atoms with E-state index < -0.39 is 0 Å². The topological polar surface area (TPSA) is 58.4 Å². The third kappa shape index (κ3) is 3.95. The van der Waals surface area contributed by atoms with Gasteiger partial charge in [-0.15, -0.1) is 0 Å². The Morgan fingerprint density at radius 1 is 1.41 bits per heavy atom. The Hall–Kier alpha value is -2.14. The maximum Gasteiger partial charge on any atom is 0.269 e. The van der Waals surface area contributed by atoms with Crippen LogP contribution in [0.3, 0.4) is 0 Å². The van der Waals surface area contributed by atoms with Gasteiger partial charge in [-0.25, -0.2) is 0 Å². The maximum atomic E-state index is 12.0. The molecule has 2 aromatic heterocycles. The van der Waals surface area contributed by atoms with Gasteiger partial charge in [-0.1, -0.05) is 6.07 Å². The number of pyridine rings is 1. The van der Waals surface area contributed by atoms with Crippen LogP contribution in [0.2, 0.25) is 0 Å². The summed E-state index contributed by atoms with van der Waals surface area (Å²) >= 11 is 0. The summed E-state index contributed by atoms with van der Waals surface area (Å²) in [6.07, 6.45) is 7.48. The van der Waals surface area contributed by atoms with Crippen molar-refractivity contribution < 1.29 is 9.21 Å². The number of hydrogen-bond donors (Lipinski definition) is 1. The lowest BCUT2D eigenvalue weighted by Crippen LogP contribution is -2.40. The van der Waals surface area contributed by atoms with Crippen LogP contribution in [-0.4, -0.2) is 35.4 Å². The molecule has 1 atom stereocenters. The summed E-state index contributed by atoms with van der Waals surface area (Å²) in [5.74, 6) is 0.404. The van der Waals surface area contributed by atoms with Gasteiger partial charge < -0.3 is 9.73 Å². The Morgan fingerprint density at radius 3 is 3.14 bits per heavy atom. The van der Waals surface area contributed by atoms with Crippen molar-refractivity contribution in [3.8, 4) is 0 Å². The molecule has 0 saturated carbocycles. The van der Waals surface area contributed by atoms with E-state index in [1.807, 2.05) is 18.2 Å². The zero-order chi connectivity index (χ0) is 15.2. The molecule has 1 fully saturated rings. The number of carbonyl (C=O) groups is 1. The molecule has 3 heterocycles. The van der Waals surface area contributed by atoms with Crippen molar-refractivity contribution >= 4 is 5.91 Å². The number of likely N-dealkylation sites (tertiary alicyclic amines) is 1. The summed E-state index contributed by atoms with van der Waals surface area (Å²) in [5.41, 5.74) is 1.69. The van der Waals surface area contributed by atoms with E-state index in [-0.39, 0.29) is 5.91 Å². The van der Waals surface area contributed by atoms with Crippen molar-refractivity contribution in [2.75, 3.05) is 19.6 Å². The van der Waals surface area contributed by atoms with Gasteiger partial charge in [0.1, 0.15) is 5.69 Å². The lowest BCUT2D eigenvalue weighted by Gasteiger charge is -2.32. The van der Waals surface area contributed by atoms with E-state index >= 15 is 0 Å². The molecule has 1 unspecified atom stereocenters. The Morgan fingerprint density at radius 2 is 2.36 bits per heavy atom. The Balaban J connectivity index is 1.47. The number of nitrogens with one attached hydrogen (secondary N) is 1. The van der Waals surface area contributed by atoms with Crippen molar-refractivity contribution in [1.29, 1.82) is 0 Å². The second-order valence-electron chi connectivity index (χ2n) is 5.80. The minimum Gasteiger partial charge on any atom is -0.472 e. The van der Waals surface area contributed by atoms with Gasteiger partial charge in [0.2, 0.25) is 0 Å². The molecule has 0 radical (unpaired) electrons. The minimum absolute atomic E-state index is 0.0902. The van der Waals surface area contributed by atoms with Crippen molar-refractivity contribution in [3.05, 3.63) is 54.2 Å². The standard InChI is InChI=1S/C17H21N3O2/c21-17(16-5-1-2-7-18-16)19-10-14-4-3-8-20(11-14)12-15-6-9-22-13-15/h1-2,5-7,9,13-14H,3-4,8,10-12H2,(H,19,21). The zero-order valence-electron chi connectivity index (χ0n) is 12.6. The summed E-state index contributed by atoms with van der Waals surface area (Å²) < 4.78 is 5.12. The van der Waals surface area contributed by atoms with Gasteiger partial charge in [0.05, 0.1) is 12.5 Å². The summed E-state index contributed by atoms with van der Waals surface area (Å²) in [5, 5.41) is 3.00. The Bertz CT molecular complexity index is 583. The monoisotopic (exact) mass is 299 g/mol. The van der Waals surface area contributed by atoms with Crippen molar-refractivity contribution in [1.82, 2.24) is 15.2 Å². The summed E-state index contributed by atoms with van der Waals surface area (Å²) in [6, 6.07) is 7.38. The number of furan rings is 1. The van der Waals surface area contributed by atoms with Crippen LogP contribution in [0.1, 0.15) is 28.9 Å². The molecule has 5 nitrogen and oxygen atoms in total. The van der Waals surface area contributed by atoms with Gasteiger partial charge in [0.25, 0.3) is 5.91 Å². The highest BCUT2D eigenvalue weighted by Crippen LogP contribution is 2.18. The molecule has 3 rings (SSSR count). The first-order valence-electron chi connectivity index (χ1n) is 7.74. The predicted molar refractivity (Wildman–Crippen MR) is 83.3 cm³/mol. The molecule has 1 amide bonds. The van der Waals surface area contributed by atoms with Crippen LogP contribution in [-0.2, 0) is 6.54 Å². The highest BCUT2D eigenvalue weighted by atomic mass is 16.3. The van der Waals surface area contributed by atoms with Gasteiger partial charge in [-0.05, 0) is 43.5 Å². The molecule has 0 bridgehead atoms. The van der Waals surface area contributed by atoms with Crippen molar-refractivity contribution in [2.24, 2.45) is 5.92 Å². The fraction of sp³-hybridized carbons (Fsp3) is 0.412. The van der Waals surface area contributed by atoms with Crippen LogP contribution in [0.4, 0.5) is 0 Å². The smallest absolute Gasteiger partial charge is 0.269 e. The fourth-order valence-corrected chi connectivity index (χ4v) is 2.93. The second-order valence-corrected chi connectivity index (χ2v) is 5.80. The van der Waals surface area contributed by atoms with E-state index in [9.17, 15) is 4.79 Å². The second kappa shape index (κ2) is 7.22. The highest BCUT2D eigenvalue weighted by molar-refractivity contribution is 5.92. The van der Waals surface area contributed by atoms with Crippen LogP contribution in [0.15, 0.2) is 47.4 Å². The van der Waals surface area contributed by atoms with Gasteiger partial charge in [0.15, 0.2) is 0 Å². The van der Waals surface area contributed by atoms with Crippen LogP contribution in [0.5, 0.6) is 0 Å². The summed E-state index contributed by atoms with van der Waals surface area (Å²) in [6.45, 7) is 3.74. The molecule has 0 aliphatic carbocycles. The SMILES string of the molecule is O=C(NCC1CCCN(Cc2ccoc2)C1)c1ccccn1. The molecule has 116 valence electrons. The maximum absolute atomic E-state index is 12.0. The van der Waals surface area contributed by atoms with Crippen LogP contribution in [0.25, 0.3) is 0 Å². The molecule has 0 aromatic carbocycles. The third-order valence-electron chi connectivity index (χ3n) is 4.04. The molecular formula is C17H21N3O2. The molecule has 5 heteroatoms. The van der Waals surface area contributed by atoms with Crippen LogP contribution < -0.4 is 5.32 Å². The third-order valence-corrected chi connectivity index (χ3v) is 4.04. The van der Waals surface area contributed by atoms with E-state index in [1.54, 1.807) is 24.8 Å². The number of aromatic nitrogens is 1. The molecule has 1 aliphatic heterocycles. The predicted octanol–water partition coefficient (Wildman–Crippen LogP) is 2.32. The van der Waals surface area contributed by atoms with Gasteiger partial charge >= 0.3 is 0 Å². The van der Waals surface area contributed by atoms with Gasteiger partial charge in [-0.2, -0.15) is 0 Å². The van der Waals surface area contributed by atoms with Crippen LogP contribution >= 0.6 is 0 Å². The van der Waals surface area contributed by atoms with Gasteiger partial charge in [-0.3, -0.25) is 14.7 Å². The Kier molecular flexibility index (Phi) is 4.85. The van der Waals surface area contributed by atoms with E-state index in [2.05, 4.69) is 15.2 Å². The van der Waals surface area contributed by atoms with E-state index in [0.717, 1.165) is 26.1 Å². The number of hydrogen-bond acceptors (Lipinski definition) is 4. The first kappa shape index (κ1) is 14.8. The molecule has 2 aromatic rings. The number of carbonyl (C=O) groups excluding carboxylic acids is 1. The summed E-state index contributed by atoms with van der Waals surface area (Å²) in [7, 11) is 0. The molecule has 22 heavy (non-hydrogen) atoms. The van der Waals surface area contributed by atoms with E-state index in [1.165, 1.54) is 12.0 Å². The molecule has 0 spiro atoms. The van der Waals surface area contributed by atoms with Crippen molar-refractivity contribution in [3.63, 3.8) is 0 Å². The minimum atomic E-state index is -0.0902. The average Bonchev–Trinajstić information content (AvgIpc) is 3.07. The summed E-state index contributed by atoms with van der Waals surface area (Å²) in [4.78, 5) is 18.5. The molecule has 1 saturated heterocycles. The average molecular weight is 299 g/mol. The number of amides is 1. The number of rotatable bonds is 5. The molecular weight excluding hydrogens is 278 g/mol. The number of piperidine rings is 1. The fourth-order valence-electron chi connectivity index (χ4n) is 2.93. The van der Waals surface area contributed by atoms with Crippen molar-refractivity contribution in [2.45, 2.75) is 19.4 Å². The lowest BCUT2D eigenvalue weighted by molar-refractivity contribution is 0.0925. The first-order valence-corrected chi connectivity index (χ1v) is 7.74. The van der Waals surface area contributed by atoms with E-state index in [4.69, 9.17) is 4.42 Å². The normalized spacial score (nSPS) is 19.0.